The molecule has 0 saturated carbocycles. The number of hydrogen-bond acceptors (Lipinski definition) is 4. The lowest BCUT2D eigenvalue weighted by Gasteiger charge is -2.09. The fourth-order valence-electron chi connectivity index (χ4n) is 1.55. The molecule has 0 atom stereocenters. The van der Waals surface area contributed by atoms with Crippen molar-refractivity contribution in [1.82, 2.24) is 0 Å². The molecule has 5 heteroatoms. The first-order valence-corrected chi connectivity index (χ1v) is 5.60. The molecule has 5 nitrogen and oxygen atoms in total. The third-order valence-corrected chi connectivity index (χ3v) is 2.59. The van der Waals surface area contributed by atoms with Gasteiger partial charge in [-0.2, -0.15) is 0 Å². The molecule has 19 heavy (non-hydrogen) atoms. The second-order valence-corrected chi connectivity index (χ2v) is 4.01. The molecular formula is C14H13NO4. The van der Waals surface area contributed by atoms with Crippen molar-refractivity contribution >= 4 is 11.7 Å². The summed E-state index contributed by atoms with van der Waals surface area (Å²) >= 11 is 0. The second kappa shape index (κ2) is 5.30. The van der Waals surface area contributed by atoms with Gasteiger partial charge in [-0.3, -0.25) is 0 Å². The van der Waals surface area contributed by atoms with Crippen LogP contribution in [0, 0.1) is 0 Å². The Morgan fingerprint density at radius 2 is 1.84 bits per heavy atom. The van der Waals surface area contributed by atoms with E-state index in [1.165, 1.54) is 18.2 Å². The van der Waals surface area contributed by atoms with Gasteiger partial charge in [0.2, 0.25) is 0 Å². The van der Waals surface area contributed by atoms with Crippen LogP contribution >= 0.6 is 0 Å². The van der Waals surface area contributed by atoms with Crippen LogP contribution in [0.15, 0.2) is 42.5 Å². The molecule has 0 aromatic heterocycles. The van der Waals surface area contributed by atoms with Crippen LogP contribution in [-0.2, 0) is 6.61 Å². The van der Waals surface area contributed by atoms with Gasteiger partial charge in [0, 0.05) is 0 Å². The summed E-state index contributed by atoms with van der Waals surface area (Å²) in [5, 5.41) is 18.0. The predicted molar refractivity (Wildman–Crippen MR) is 70.3 cm³/mol. The molecule has 2 aromatic rings. The van der Waals surface area contributed by atoms with Crippen molar-refractivity contribution in [1.29, 1.82) is 0 Å². The number of anilines is 1. The maximum absolute atomic E-state index is 10.9. The van der Waals surface area contributed by atoms with E-state index < -0.39 is 5.97 Å². The van der Waals surface area contributed by atoms with E-state index >= 15 is 0 Å². The summed E-state index contributed by atoms with van der Waals surface area (Å²) in [6, 6.07) is 10.8. The molecular weight excluding hydrogens is 246 g/mol. The molecule has 2 rings (SSSR count). The molecule has 0 unspecified atom stereocenters. The average Bonchev–Trinajstić information content (AvgIpc) is 2.39. The van der Waals surface area contributed by atoms with Crippen LogP contribution < -0.4 is 10.5 Å². The van der Waals surface area contributed by atoms with Gasteiger partial charge in [-0.1, -0.05) is 12.1 Å². The molecule has 2 aromatic carbocycles. The molecule has 0 aliphatic heterocycles. The molecule has 0 heterocycles. The first kappa shape index (κ1) is 12.8. The van der Waals surface area contributed by atoms with E-state index in [1.807, 2.05) is 0 Å². The third kappa shape index (κ3) is 3.16. The standard InChI is InChI=1S/C14H13NO4/c15-12-6-3-10(14(17)18)7-13(12)19-8-9-1-4-11(16)5-2-9/h1-7,16H,8,15H2,(H,17,18). The maximum atomic E-state index is 10.9. The number of benzene rings is 2. The number of phenols is 1. The van der Waals surface area contributed by atoms with Gasteiger partial charge in [0.1, 0.15) is 18.1 Å². The van der Waals surface area contributed by atoms with Crippen LogP contribution in [0.3, 0.4) is 0 Å². The van der Waals surface area contributed by atoms with Crippen molar-refractivity contribution in [3.63, 3.8) is 0 Å². The largest absolute Gasteiger partial charge is 0.508 e. The van der Waals surface area contributed by atoms with Crippen LogP contribution in [0.25, 0.3) is 0 Å². The van der Waals surface area contributed by atoms with Gasteiger partial charge in [-0.15, -0.1) is 0 Å². The van der Waals surface area contributed by atoms with Gasteiger partial charge < -0.3 is 20.7 Å². The number of carbonyl (C=O) groups is 1. The third-order valence-electron chi connectivity index (χ3n) is 2.59. The number of ether oxygens (including phenoxy) is 1. The van der Waals surface area contributed by atoms with Crippen LogP contribution in [0.5, 0.6) is 11.5 Å². The highest BCUT2D eigenvalue weighted by Gasteiger charge is 2.07. The summed E-state index contributed by atoms with van der Waals surface area (Å²) in [6.45, 7) is 0.244. The van der Waals surface area contributed by atoms with Crippen LogP contribution in [0.4, 0.5) is 5.69 Å². The van der Waals surface area contributed by atoms with Crippen molar-refractivity contribution in [3.8, 4) is 11.5 Å². The highest BCUT2D eigenvalue weighted by molar-refractivity contribution is 5.89. The molecule has 98 valence electrons. The van der Waals surface area contributed by atoms with E-state index in [0.717, 1.165) is 5.56 Å². The Bertz CT molecular complexity index is 593. The Balaban J connectivity index is 2.12. The Kier molecular flexibility index (Phi) is 3.56. The lowest BCUT2D eigenvalue weighted by atomic mass is 10.2. The van der Waals surface area contributed by atoms with E-state index in [1.54, 1.807) is 24.3 Å². The van der Waals surface area contributed by atoms with Crippen LogP contribution in [0.1, 0.15) is 15.9 Å². The Hall–Kier alpha value is -2.69. The normalized spacial score (nSPS) is 10.1. The minimum Gasteiger partial charge on any atom is -0.508 e. The smallest absolute Gasteiger partial charge is 0.335 e. The van der Waals surface area contributed by atoms with E-state index in [4.69, 9.17) is 20.7 Å². The van der Waals surface area contributed by atoms with Crippen molar-refractivity contribution in [3.05, 3.63) is 53.6 Å². The second-order valence-electron chi connectivity index (χ2n) is 4.01. The van der Waals surface area contributed by atoms with Crippen molar-refractivity contribution in [2.45, 2.75) is 6.61 Å². The van der Waals surface area contributed by atoms with E-state index in [9.17, 15) is 4.79 Å². The van der Waals surface area contributed by atoms with E-state index in [-0.39, 0.29) is 17.9 Å². The molecule has 0 bridgehead atoms. The first-order valence-electron chi connectivity index (χ1n) is 5.60. The SMILES string of the molecule is Nc1ccc(C(=O)O)cc1OCc1ccc(O)cc1. The predicted octanol–water partition coefficient (Wildman–Crippen LogP) is 2.25. The number of nitrogens with two attached hydrogens (primary N) is 1. The van der Waals surface area contributed by atoms with Gasteiger partial charge in [0.25, 0.3) is 0 Å². The molecule has 0 aliphatic carbocycles. The summed E-state index contributed by atoms with van der Waals surface area (Å²) in [5.41, 5.74) is 7.06. The fraction of sp³-hybridized carbons (Fsp3) is 0.0714. The van der Waals surface area contributed by atoms with Crippen molar-refractivity contribution < 1.29 is 19.7 Å². The molecule has 0 spiro atoms. The molecule has 0 fully saturated rings. The molecule has 4 N–H and O–H groups in total. The summed E-state index contributed by atoms with van der Waals surface area (Å²) < 4.78 is 5.48. The van der Waals surface area contributed by atoms with Crippen molar-refractivity contribution in [2.75, 3.05) is 5.73 Å². The number of hydrogen-bond donors (Lipinski definition) is 3. The topological polar surface area (TPSA) is 92.8 Å². The summed E-state index contributed by atoms with van der Waals surface area (Å²) in [6.07, 6.45) is 0. The quantitative estimate of drug-likeness (QED) is 0.732. The van der Waals surface area contributed by atoms with Crippen molar-refractivity contribution in [2.24, 2.45) is 0 Å². The Morgan fingerprint density at radius 1 is 1.16 bits per heavy atom. The average molecular weight is 259 g/mol. The molecule has 0 amide bonds. The number of phenolic OH excluding ortho intramolecular Hbond substituents is 1. The van der Waals surface area contributed by atoms with Crippen LogP contribution in [0.2, 0.25) is 0 Å². The number of nitrogen functional groups attached to an aromatic ring is 1. The van der Waals surface area contributed by atoms with Gasteiger partial charge >= 0.3 is 5.97 Å². The number of carboxylic acids is 1. The monoisotopic (exact) mass is 259 g/mol. The fourth-order valence-corrected chi connectivity index (χ4v) is 1.55. The molecule has 0 aliphatic rings. The Morgan fingerprint density at radius 3 is 2.47 bits per heavy atom. The molecule has 0 radical (unpaired) electrons. The Labute approximate surface area is 109 Å². The number of rotatable bonds is 4. The first-order chi connectivity index (χ1) is 9.06. The minimum absolute atomic E-state index is 0.120. The zero-order valence-corrected chi connectivity index (χ0v) is 10.0. The number of aromatic hydroxyl groups is 1. The van der Waals surface area contributed by atoms with Gasteiger partial charge in [0.15, 0.2) is 0 Å². The maximum Gasteiger partial charge on any atom is 0.335 e. The summed E-state index contributed by atoms with van der Waals surface area (Å²) in [5.74, 6) is -0.529. The van der Waals surface area contributed by atoms with Gasteiger partial charge in [0.05, 0.1) is 11.3 Å². The van der Waals surface area contributed by atoms with E-state index in [0.29, 0.717) is 11.4 Å². The number of carboxylic acid groups (broad SMARTS) is 1. The van der Waals surface area contributed by atoms with E-state index in [2.05, 4.69) is 0 Å². The number of aromatic carboxylic acids is 1. The highest BCUT2D eigenvalue weighted by Crippen LogP contribution is 2.24. The lowest BCUT2D eigenvalue weighted by Crippen LogP contribution is -2.02. The van der Waals surface area contributed by atoms with Gasteiger partial charge in [-0.25, -0.2) is 4.79 Å². The zero-order chi connectivity index (χ0) is 13.8. The summed E-state index contributed by atoms with van der Waals surface area (Å²) in [7, 11) is 0. The van der Waals surface area contributed by atoms with Gasteiger partial charge in [-0.05, 0) is 35.9 Å². The minimum atomic E-state index is -1.03. The zero-order valence-electron chi connectivity index (χ0n) is 10.0. The lowest BCUT2D eigenvalue weighted by molar-refractivity contribution is 0.0696. The summed E-state index contributed by atoms with van der Waals surface area (Å²) in [4.78, 5) is 10.9. The van der Waals surface area contributed by atoms with Crippen LogP contribution in [-0.4, -0.2) is 16.2 Å². The molecule has 0 saturated heterocycles. The highest BCUT2D eigenvalue weighted by atomic mass is 16.5.